The molecule has 1 fully saturated rings. The van der Waals surface area contributed by atoms with E-state index in [1.54, 1.807) is 0 Å². The molecule has 0 spiro atoms. The summed E-state index contributed by atoms with van der Waals surface area (Å²) in [5.41, 5.74) is 4.04. The summed E-state index contributed by atoms with van der Waals surface area (Å²) < 4.78 is 31.3. The van der Waals surface area contributed by atoms with Crippen molar-refractivity contribution in [3.05, 3.63) is 144 Å². The molecular weight excluding hydrogens is 504 g/mol. The highest BCUT2D eigenvalue weighted by Gasteiger charge is 2.52. The zero-order chi connectivity index (χ0) is 27.5. The first-order chi connectivity index (χ1) is 19.7. The highest BCUT2D eigenvalue weighted by atomic mass is 16.7. The summed E-state index contributed by atoms with van der Waals surface area (Å²) in [6.45, 7) is 1.37. The van der Waals surface area contributed by atoms with Crippen LogP contribution in [0.3, 0.4) is 0 Å². The van der Waals surface area contributed by atoms with Crippen molar-refractivity contribution in [1.29, 1.82) is 0 Å². The predicted octanol–water partition coefficient (Wildman–Crippen LogP) is 5.68. The molecule has 4 atom stereocenters. The molecule has 5 rings (SSSR count). The topological polar surface area (TPSA) is 66.4 Å². The lowest BCUT2D eigenvalue weighted by Gasteiger charge is -2.46. The molecule has 0 radical (unpaired) electrons. The maximum Gasteiger partial charge on any atom is 0.219 e. The van der Waals surface area contributed by atoms with Gasteiger partial charge in [0.05, 0.1) is 33.0 Å². The summed E-state index contributed by atoms with van der Waals surface area (Å²) in [6, 6.07) is 39.6. The van der Waals surface area contributed by atoms with Gasteiger partial charge in [-0.2, -0.15) is 0 Å². The Bertz CT molecular complexity index is 1250. The molecule has 0 saturated carbocycles. The fraction of sp³-hybridized carbons (Fsp3) is 0.294. The van der Waals surface area contributed by atoms with E-state index in [9.17, 15) is 5.11 Å². The molecule has 6 nitrogen and oxygen atoms in total. The van der Waals surface area contributed by atoms with E-state index < -0.39 is 24.1 Å². The van der Waals surface area contributed by atoms with Crippen LogP contribution in [0.5, 0.6) is 0 Å². The van der Waals surface area contributed by atoms with Gasteiger partial charge in [0, 0.05) is 0 Å². The van der Waals surface area contributed by atoms with Crippen LogP contribution in [0.2, 0.25) is 0 Å². The van der Waals surface area contributed by atoms with Crippen LogP contribution in [0.1, 0.15) is 22.3 Å². The quantitative estimate of drug-likeness (QED) is 0.236. The van der Waals surface area contributed by atoms with Crippen LogP contribution in [0, 0.1) is 0 Å². The SMILES string of the molecule is O[C@@]1(COCc2ccccc2)OC[C@@H](OCc2ccccc2)[C@@H](OCc2ccccc2)[C@H]1OCc1ccccc1. The molecule has 1 aliphatic heterocycles. The van der Waals surface area contributed by atoms with E-state index in [-0.39, 0.29) is 19.8 Å². The van der Waals surface area contributed by atoms with E-state index in [0.717, 1.165) is 22.3 Å². The van der Waals surface area contributed by atoms with Gasteiger partial charge in [0.2, 0.25) is 5.79 Å². The summed E-state index contributed by atoms with van der Waals surface area (Å²) in [4.78, 5) is 0. The predicted molar refractivity (Wildman–Crippen MR) is 152 cm³/mol. The van der Waals surface area contributed by atoms with Crippen molar-refractivity contribution in [2.75, 3.05) is 13.2 Å². The van der Waals surface area contributed by atoms with Crippen LogP contribution < -0.4 is 0 Å². The summed E-state index contributed by atoms with van der Waals surface area (Å²) in [5, 5.41) is 11.8. The van der Waals surface area contributed by atoms with E-state index in [2.05, 4.69) is 0 Å². The van der Waals surface area contributed by atoms with E-state index in [4.69, 9.17) is 23.7 Å². The Labute approximate surface area is 236 Å². The molecule has 0 aliphatic carbocycles. The zero-order valence-corrected chi connectivity index (χ0v) is 22.5. The maximum atomic E-state index is 11.8. The van der Waals surface area contributed by atoms with Gasteiger partial charge in [-0.05, 0) is 22.3 Å². The molecule has 0 aromatic heterocycles. The lowest BCUT2D eigenvalue weighted by atomic mass is 9.96. The van der Waals surface area contributed by atoms with Crippen LogP contribution in [0.4, 0.5) is 0 Å². The third-order valence-corrected chi connectivity index (χ3v) is 6.89. The van der Waals surface area contributed by atoms with Crippen LogP contribution in [-0.2, 0) is 50.1 Å². The van der Waals surface area contributed by atoms with Crippen molar-refractivity contribution in [1.82, 2.24) is 0 Å². The molecular formula is C34H36O6. The summed E-state index contributed by atoms with van der Waals surface area (Å²) >= 11 is 0. The minimum Gasteiger partial charge on any atom is -0.371 e. The summed E-state index contributed by atoms with van der Waals surface area (Å²) in [7, 11) is 0. The molecule has 4 aromatic carbocycles. The molecule has 4 aromatic rings. The van der Waals surface area contributed by atoms with Crippen molar-refractivity contribution >= 4 is 0 Å². The molecule has 1 N–H and O–H groups in total. The monoisotopic (exact) mass is 540 g/mol. The van der Waals surface area contributed by atoms with Crippen LogP contribution in [-0.4, -0.2) is 42.4 Å². The van der Waals surface area contributed by atoms with Crippen molar-refractivity contribution in [2.24, 2.45) is 0 Å². The Morgan fingerprint density at radius 3 is 1.50 bits per heavy atom. The van der Waals surface area contributed by atoms with Gasteiger partial charge >= 0.3 is 0 Å². The Morgan fingerprint density at radius 2 is 1.00 bits per heavy atom. The Balaban J connectivity index is 1.36. The number of benzene rings is 4. The van der Waals surface area contributed by atoms with Gasteiger partial charge in [0.25, 0.3) is 0 Å². The molecule has 0 bridgehead atoms. The second-order valence-corrected chi connectivity index (χ2v) is 9.95. The normalized spacial score (nSPS) is 22.7. The van der Waals surface area contributed by atoms with E-state index >= 15 is 0 Å². The fourth-order valence-electron chi connectivity index (χ4n) is 4.74. The average Bonchev–Trinajstić information content (AvgIpc) is 3.01. The molecule has 1 aliphatic rings. The van der Waals surface area contributed by atoms with Gasteiger partial charge in [-0.25, -0.2) is 0 Å². The van der Waals surface area contributed by atoms with Crippen molar-refractivity contribution in [3.63, 3.8) is 0 Å². The first-order valence-corrected chi connectivity index (χ1v) is 13.6. The molecule has 0 amide bonds. The van der Waals surface area contributed by atoms with E-state index in [0.29, 0.717) is 19.8 Å². The standard InChI is InChI=1S/C34H36O6/c35-34(26-36-21-27-13-5-1-6-14-27)33(39-24-30-19-11-4-12-20-30)32(38-23-29-17-9-3-10-18-29)31(25-40-34)37-22-28-15-7-2-8-16-28/h1-20,31-33,35H,21-26H2/t31-,32-,33-,34+/m1/s1. The van der Waals surface area contributed by atoms with Crippen LogP contribution >= 0.6 is 0 Å². The van der Waals surface area contributed by atoms with Gasteiger partial charge < -0.3 is 28.8 Å². The maximum absolute atomic E-state index is 11.8. The number of rotatable bonds is 13. The molecule has 6 heteroatoms. The Kier molecular flexibility index (Phi) is 10.1. The van der Waals surface area contributed by atoms with Gasteiger partial charge in [-0.3, -0.25) is 0 Å². The fourth-order valence-corrected chi connectivity index (χ4v) is 4.74. The lowest BCUT2D eigenvalue weighted by Crippen LogP contribution is -2.64. The minimum atomic E-state index is -1.74. The third-order valence-electron chi connectivity index (χ3n) is 6.89. The minimum absolute atomic E-state index is 0.0854. The Morgan fingerprint density at radius 1 is 0.575 bits per heavy atom. The first kappa shape index (κ1) is 28.2. The average molecular weight is 541 g/mol. The number of hydrogen-bond donors (Lipinski definition) is 1. The van der Waals surface area contributed by atoms with Gasteiger partial charge in [0.1, 0.15) is 24.9 Å². The second-order valence-electron chi connectivity index (χ2n) is 9.95. The van der Waals surface area contributed by atoms with Crippen molar-refractivity contribution in [3.8, 4) is 0 Å². The third kappa shape index (κ3) is 7.86. The highest BCUT2D eigenvalue weighted by Crippen LogP contribution is 2.32. The van der Waals surface area contributed by atoms with Crippen molar-refractivity contribution in [2.45, 2.75) is 50.5 Å². The Hall–Kier alpha value is -3.36. The molecule has 40 heavy (non-hydrogen) atoms. The van der Waals surface area contributed by atoms with Crippen LogP contribution in [0.25, 0.3) is 0 Å². The molecule has 1 saturated heterocycles. The van der Waals surface area contributed by atoms with Gasteiger partial charge in [-0.1, -0.05) is 121 Å². The van der Waals surface area contributed by atoms with E-state index in [1.807, 2.05) is 121 Å². The smallest absolute Gasteiger partial charge is 0.219 e. The molecule has 1 heterocycles. The lowest BCUT2D eigenvalue weighted by molar-refractivity contribution is -0.356. The number of hydrogen-bond acceptors (Lipinski definition) is 6. The van der Waals surface area contributed by atoms with Gasteiger partial charge in [-0.15, -0.1) is 0 Å². The summed E-state index contributed by atoms with van der Waals surface area (Å²) in [6.07, 6.45) is -1.97. The van der Waals surface area contributed by atoms with Crippen molar-refractivity contribution < 1.29 is 28.8 Å². The van der Waals surface area contributed by atoms with Crippen LogP contribution in [0.15, 0.2) is 121 Å². The molecule has 0 unspecified atom stereocenters. The first-order valence-electron chi connectivity index (χ1n) is 13.6. The second kappa shape index (κ2) is 14.3. The number of aliphatic hydroxyl groups is 1. The highest BCUT2D eigenvalue weighted by molar-refractivity contribution is 5.16. The van der Waals surface area contributed by atoms with E-state index in [1.165, 1.54) is 0 Å². The zero-order valence-electron chi connectivity index (χ0n) is 22.5. The van der Waals surface area contributed by atoms with Gasteiger partial charge in [0.15, 0.2) is 0 Å². The summed E-state index contributed by atoms with van der Waals surface area (Å²) in [5.74, 6) is -1.74. The largest absolute Gasteiger partial charge is 0.371 e. The molecule has 208 valence electrons. The number of ether oxygens (including phenoxy) is 5.